The molecule has 0 saturated carbocycles. The number of urea groups is 1. The van der Waals surface area contributed by atoms with Gasteiger partial charge in [-0.25, -0.2) is 4.79 Å². The molecule has 0 spiro atoms. The van der Waals surface area contributed by atoms with Crippen LogP contribution in [0.3, 0.4) is 0 Å². The predicted molar refractivity (Wildman–Crippen MR) is 118 cm³/mol. The van der Waals surface area contributed by atoms with E-state index in [0.29, 0.717) is 33.5 Å². The van der Waals surface area contributed by atoms with E-state index in [1.54, 1.807) is 61.6 Å². The number of hydrogen-bond donors (Lipinski definition) is 2. The summed E-state index contributed by atoms with van der Waals surface area (Å²) in [6, 6.07) is 20.7. The smallest absolute Gasteiger partial charge is 0.319 e. The number of halogens is 2. The molecule has 3 aromatic rings. The minimum atomic E-state index is -0.344. The molecule has 0 aliphatic carbocycles. The normalized spacial score (nSPS) is 10.3. The fraction of sp³-hybridized carbons (Fsp3) is 0.0909. The molecule has 2 N–H and O–H groups in total. The van der Waals surface area contributed by atoms with Crippen LogP contribution < -0.4 is 15.5 Å². The Kier molecular flexibility index (Phi) is 6.75. The van der Waals surface area contributed by atoms with E-state index in [2.05, 4.69) is 10.6 Å². The number of carbonyl (C=O) groups is 2. The highest BCUT2D eigenvalue weighted by molar-refractivity contribution is 6.31. The SMILES string of the molecule is CN(C(=O)c1ccc(Cl)cc1)c1ccc(NC(=O)NCc2ccccc2Cl)cc1. The molecule has 0 aliphatic rings. The lowest BCUT2D eigenvalue weighted by Crippen LogP contribution is -2.28. The third-order valence-corrected chi connectivity index (χ3v) is 4.93. The first kappa shape index (κ1) is 20.7. The van der Waals surface area contributed by atoms with Crippen molar-refractivity contribution in [1.29, 1.82) is 0 Å². The number of nitrogens with one attached hydrogen (secondary N) is 2. The summed E-state index contributed by atoms with van der Waals surface area (Å²) in [5.74, 6) is -0.153. The average molecular weight is 428 g/mol. The van der Waals surface area contributed by atoms with Crippen molar-refractivity contribution in [2.24, 2.45) is 0 Å². The molecule has 0 aliphatic heterocycles. The van der Waals surface area contributed by atoms with Crippen molar-refractivity contribution in [2.45, 2.75) is 6.54 Å². The van der Waals surface area contributed by atoms with E-state index in [4.69, 9.17) is 23.2 Å². The first-order valence-corrected chi connectivity index (χ1v) is 9.61. The highest BCUT2D eigenvalue weighted by Crippen LogP contribution is 2.20. The second-order valence-electron chi connectivity index (χ2n) is 6.32. The van der Waals surface area contributed by atoms with Crippen molar-refractivity contribution in [1.82, 2.24) is 5.32 Å². The van der Waals surface area contributed by atoms with E-state index in [1.807, 2.05) is 18.2 Å². The van der Waals surface area contributed by atoms with E-state index < -0.39 is 0 Å². The van der Waals surface area contributed by atoms with Crippen molar-refractivity contribution in [2.75, 3.05) is 17.3 Å². The maximum atomic E-state index is 12.6. The Balaban J connectivity index is 1.58. The molecular formula is C22H19Cl2N3O2. The van der Waals surface area contributed by atoms with Crippen LogP contribution in [0.1, 0.15) is 15.9 Å². The average Bonchev–Trinajstić information content (AvgIpc) is 2.73. The van der Waals surface area contributed by atoms with Crippen molar-refractivity contribution in [3.63, 3.8) is 0 Å². The van der Waals surface area contributed by atoms with Crippen LogP contribution in [0.25, 0.3) is 0 Å². The van der Waals surface area contributed by atoms with Crippen molar-refractivity contribution >= 4 is 46.5 Å². The van der Waals surface area contributed by atoms with E-state index in [1.165, 1.54) is 4.90 Å². The van der Waals surface area contributed by atoms with E-state index in [9.17, 15) is 9.59 Å². The van der Waals surface area contributed by atoms with Crippen molar-refractivity contribution < 1.29 is 9.59 Å². The lowest BCUT2D eigenvalue weighted by molar-refractivity contribution is 0.0993. The summed E-state index contributed by atoms with van der Waals surface area (Å²) in [5.41, 5.74) is 2.68. The Hall–Kier alpha value is -3.02. The van der Waals surface area contributed by atoms with Gasteiger partial charge in [-0.15, -0.1) is 0 Å². The molecule has 148 valence electrons. The lowest BCUT2D eigenvalue weighted by Gasteiger charge is -2.18. The molecule has 0 heterocycles. The van der Waals surface area contributed by atoms with Crippen LogP contribution in [0.5, 0.6) is 0 Å². The molecular weight excluding hydrogens is 409 g/mol. The Morgan fingerprint density at radius 3 is 2.21 bits per heavy atom. The highest BCUT2D eigenvalue weighted by atomic mass is 35.5. The molecule has 3 rings (SSSR count). The van der Waals surface area contributed by atoms with Crippen LogP contribution in [-0.4, -0.2) is 19.0 Å². The van der Waals surface area contributed by atoms with Crippen LogP contribution in [0.15, 0.2) is 72.8 Å². The standard InChI is InChI=1S/C22H19Cl2N3O2/c1-27(21(28)15-6-8-17(23)9-7-15)19-12-10-18(11-13-19)26-22(29)25-14-16-4-2-3-5-20(16)24/h2-13H,14H2,1H3,(H2,25,26,29). The lowest BCUT2D eigenvalue weighted by atomic mass is 10.2. The van der Waals surface area contributed by atoms with Crippen LogP contribution in [0, 0.1) is 0 Å². The van der Waals surface area contributed by atoms with Crippen LogP contribution in [-0.2, 0) is 6.54 Å². The summed E-state index contributed by atoms with van der Waals surface area (Å²) in [7, 11) is 1.69. The first-order chi connectivity index (χ1) is 13.9. The molecule has 0 bridgehead atoms. The summed E-state index contributed by atoms with van der Waals surface area (Å²) in [6.07, 6.45) is 0. The largest absolute Gasteiger partial charge is 0.334 e. The van der Waals surface area contributed by atoms with Gasteiger partial charge in [0, 0.05) is 40.6 Å². The molecule has 29 heavy (non-hydrogen) atoms. The fourth-order valence-corrected chi connectivity index (χ4v) is 2.99. The number of nitrogens with zero attached hydrogens (tertiary/aromatic N) is 1. The highest BCUT2D eigenvalue weighted by Gasteiger charge is 2.13. The molecule has 7 heteroatoms. The third kappa shape index (κ3) is 5.50. The van der Waals surface area contributed by atoms with Gasteiger partial charge in [0.2, 0.25) is 0 Å². The second-order valence-corrected chi connectivity index (χ2v) is 7.16. The zero-order chi connectivity index (χ0) is 20.8. The molecule has 0 saturated heterocycles. The summed E-state index contributed by atoms with van der Waals surface area (Å²) in [5, 5.41) is 6.69. The number of benzene rings is 3. The third-order valence-electron chi connectivity index (χ3n) is 4.31. The first-order valence-electron chi connectivity index (χ1n) is 8.86. The van der Waals surface area contributed by atoms with Crippen LogP contribution in [0.4, 0.5) is 16.2 Å². The zero-order valence-electron chi connectivity index (χ0n) is 15.7. The van der Waals surface area contributed by atoms with Gasteiger partial charge in [-0.05, 0) is 60.2 Å². The zero-order valence-corrected chi connectivity index (χ0v) is 17.2. The Morgan fingerprint density at radius 2 is 1.55 bits per heavy atom. The number of rotatable bonds is 5. The fourth-order valence-electron chi connectivity index (χ4n) is 2.66. The molecule has 3 aromatic carbocycles. The van der Waals surface area contributed by atoms with Gasteiger partial charge in [-0.1, -0.05) is 41.4 Å². The number of hydrogen-bond acceptors (Lipinski definition) is 2. The van der Waals surface area contributed by atoms with E-state index in [0.717, 1.165) is 5.56 Å². The Morgan fingerprint density at radius 1 is 0.897 bits per heavy atom. The van der Waals surface area contributed by atoms with Crippen LogP contribution in [0.2, 0.25) is 10.0 Å². The minimum Gasteiger partial charge on any atom is -0.334 e. The van der Waals surface area contributed by atoms with Crippen LogP contribution >= 0.6 is 23.2 Å². The Labute approximate surface area is 179 Å². The van der Waals surface area contributed by atoms with Gasteiger partial charge in [0.05, 0.1) is 0 Å². The summed E-state index contributed by atoms with van der Waals surface area (Å²) in [6.45, 7) is 0.321. The van der Waals surface area contributed by atoms with Gasteiger partial charge in [-0.2, -0.15) is 0 Å². The molecule has 0 fully saturated rings. The van der Waals surface area contributed by atoms with Gasteiger partial charge in [-0.3, -0.25) is 4.79 Å². The van der Waals surface area contributed by atoms with Gasteiger partial charge in [0.25, 0.3) is 5.91 Å². The molecule has 5 nitrogen and oxygen atoms in total. The number of carbonyl (C=O) groups excluding carboxylic acids is 2. The number of anilines is 2. The van der Waals surface area contributed by atoms with Gasteiger partial charge in [0.1, 0.15) is 0 Å². The molecule has 0 unspecified atom stereocenters. The van der Waals surface area contributed by atoms with Gasteiger partial charge >= 0.3 is 6.03 Å². The summed E-state index contributed by atoms with van der Waals surface area (Å²) < 4.78 is 0. The topological polar surface area (TPSA) is 61.4 Å². The van der Waals surface area contributed by atoms with E-state index >= 15 is 0 Å². The minimum absolute atomic E-state index is 0.153. The van der Waals surface area contributed by atoms with Gasteiger partial charge < -0.3 is 15.5 Å². The summed E-state index contributed by atoms with van der Waals surface area (Å²) in [4.78, 5) is 26.2. The van der Waals surface area contributed by atoms with E-state index in [-0.39, 0.29) is 11.9 Å². The molecule has 3 amide bonds. The quantitative estimate of drug-likeness (QED) is 0.557. The Bertz CT molecular complexity index is 1010. The molecule has 0 radical (unpaired) electrons. The maximum Gasteiger partial charge on any atom is 0.319 e. The number of amides is 3. The van der Waals surface area contributed by atoms with Crippen molar-refractivity contribution in [3.05, 3.63) is 94.0 Å². The second kappa shape index (κ2) is 9.45. The predicted octanol–water partition coefficient (Wildman–Crippen LogP) is 5.59. The summed E-state index contributed by atoms with van der Waals surface area (Å²) >= 11 is 11.9. The molecule has 0 atom stereocenters. The van der Waals surface area contributed by atoms with Crippen molar-refractivity contribution in [3.8, 4) is 0 Å². The maximum absolute atomic E-state index is 12.6. The molecule has 0 aromatic heterocycles. The van der Waals surface area contributed by atoms with Gasteiger partial charge in [0.15, 0.2) is 0 Å². The monoisotopic (exact) mass is 427 g/mol.